The van der Waals surface area contributed by atoms with Crippen molar-refractivity contribution in [1.29, 1.82) is 0 Å². The Bertz CT molecular complexity index is 409. The van der Waals surface area contributed by atoms with Crippen LogP contribution < -0.4 is 15.2 Å². The average Bonchev–Trinajstić information content (AvgIpc) is 2.28. The maximum absolute atomic E-state index is 14.1. The van der Waals surface area contributed by atoms with Crippen molar-refractivity contribution in [2.45, 2.75) is 12.6 Å². The monoisotopic (exact) mass is 289 g/mol. The summed E-state index contributed by atoms with van der Waals surface area (Å²) in [5.41, 5.74) is 4.33. The molecule has 0 aromatic heterocycles. The molecule has 0 saturated heterocycles. The predicted octanol–water partition coefficient (Wildman–Crippen LogP) is 2.36. The van der Waals surface area contributed by atoms with Crippen LogP contribution in [0.4, 0.5) is 4.39 Å². The van der Waals surface area contributed by atoms with Gasteiger partial charge in [-0.05, 0) is 19.1 Å². The van der Waals surface area contributed by atoms with Crippen molar-refractivity contribution >= 4 is 15.9 Å². The van der Waals surface area contributed by atoms with Crippen LogP contribution in [-0.2, 0) is 5.67 Å². The van der Waals surface area contributed by atoms with Crippen LogP contribution in [0.5, 0.6) is 11.5 Å². The first-order valence-electron chi connectivity index (χ1n) is 5.03. The van der Waals surface area contributed by atoms with Crippen LogP contribution >= 0.6 is 15.9 Å². The topological polar surface area (TPSA) is 44.5 Å². The maximum Gasteiger partial charge on any atom is 0.162 e. The van der Waals surface area contributed by atoms with Crippen molar-refractivity contribution in [3.8, 4) is 11.5 Å². The zero-order valence-corrected chi connectivity index (χ0v) is 10.5. The van der Waals surface area contributed by atoms with Crippen LogP contribution in [0.1, 0.15) is 12.5 Å². The first-order chi connectivity index (χ1) is 7.54. The third-order valence-corrected chi connectivity index (χ3v) is 3.23. The molecule has 0 spiro atoms. The third kappa shape index (κ3) is 2.01. The van der Waals surface area contributed by atoms with Gasteiger partial charge >= 0.3 is 0 Å². The minimum absolute atomic E-state index is 0.0781. The van der Waals surface area contributed by atoms with Gasteiger partial charge in [-0.1, -0.05) is 15.9 Å². The Morgan fingerprint density at radius 2 is 1.94 bits per heavy atom. The largest absolute Gasteiger partial charge is 0.486 e. The van der Waals surface area contributed by atoms with E-state index in [4.69, 9.17) is 15.2 Å². The van der Waals surface area contributed by atoms with E-state index in [0.717, 1.165) is 0 Å². The van der Waals surface area contributed by atoms with Gasteiger partial charge in [-0.3, -0.25) is 0 Å². The molecule has 1 unspecified atom stereocenters. The lowest BCUT2D eigenvalue weighted by Crippen LogP contribution is -2.27. The van der Waals surface area contributed by atoms with E-state index in [-0.39, 0.29) is 6.54 Å². The van der Waals surface area contributed by atoms with Crippen molar-refractivity contribution in [3.63, 3.8) is 0 Å². The van der Waals surface area contributed by atoms with Gasteiger partial charge in [-0.2, -0.15) is 0 Å². The van der Waals surface area contributed by atoms with Crippen LogP contribution in [0.3, 0.4) is 0 Å². The molecule has 16 heavy (non-hydrogen) atoms. The minimum atomic E-state index is -1.57. The Balaban J connectivity index is 2.47. The molecule has 5 heteroatoms. The van der Waals surface area contributed by atoms with Crippen LogP contribution in [0.25, 0.3) is 0 Å². The van der Waals surface area contributed by atoms with Gasteiger partial charge in [-0.15, -0.1) is 0 Å². The summed E-state index contributed by atoms with van der Waals surface area (Å²) in [5, 5.41) is 0. The van der Waals surface area contributed by atoms with Crippen molar-refractivity contribution in [3.05, 3.63) is 22.2 Å². The van der Waals surface area contributed by atoms with Gasteiger partial charge in [0.05, 0.1) is 0 Å². The molecule has 1 aliphatic heterocycles. The van der Waals surface area contributed by atoms with Crippen molar-refractivity contribution in [1.82, 2.24) is 0 Å². The quantitative estimate of drug-likeness (QED) is 0.909. The fourth-order valence-corrected chi connectivity index (χ4v) is 2.31. The number of benzene rings is 1. The molecular weight excluding hydrogens is 277 g/mol. The molecular formula is C11H13BrFNO2. The number of alkyl halides is 1. The van der Waals surface area contributed by atoms with Crippen LogP contribution in [-0.4, -0.2) is 19.8 Å². The molecule has 1 atom stereocenters. The summed E-state index contributed by atoms with van der Waals surface area (Å²) in [6.45, 7) is 2.37. The van der Waals surface area contributed by atoms with Gasteiger partial charge in [0.1, 0.15) is 18.9 Å². The Labute approximate surface area is 102 Å². The second-order valence-corrected chi connectivity index (χ2v) is 4.73. The number of halogens is 2. The second kappa shape index (κ2) is 4.22. The smallest absolute Gasteiger partial charge is 0.162 e. The Morgan fingerprint density at radius 1 is 1.38 bits per heavy atom. The lowest BCUT2D eigenvalue weighted by atomic mass is 9.97. The molecule has 2 N–H and O–H groups in total. The molecule has 2 rings (SSSR count). The van der Waals surface area contributed by atoms with Crippen molar-refractivity contribution < 1.29 is 13.9 Å². The standard InChI is InChI=1S/C11H13BrFNO2/c1-11(13,6-14)7-4-9-10(5-8(7)12)16-3-2-15-9/h4-5H,2-3,6,14H2,1H3. The summed E-state index contributed by atoms with van der Waals surface area (Å²) in [6.07, 6.45) is 0. The highest BCUT2D eigenvalue weighted by Gasteiger charge is 2.29. The van der Waals surface area contributed by atoms with Gasteiger partial charge in [0, 0.05) is 16.6 Å². The van der Waals surface area contributed by atoms with Gasteiger partial charge in [0.2, 0.25) is 0 Å². The highest BCUT2D eigenvalue weighted by molar-refractivity contribution is 9.10. The van der Waals surface area contributed by atoms with E-state index >= 15 is 0 Å². The molecule has 1 heterocycles. The highest BCUT2D eigenvalue weighted by Crippen LogP contribution is 2.40. The molecule has 1 aromatic rings. The minimum Gasteiger partial charge on any atom is -0.486 e. The Hall–Kier alpha value is -0.810. The number of hydrogen-bond donors (Lipinski definition) is 1. The fraction of sp³-hybridized carbons (Fsp3) is 0.455. The summed E-state index contributed by atoms with van der Waals surface area (Å²) < 4.78 is 25.6. The predicted molar refractivity (Wildman–Crippen MR) is 62.6 cm³/mol. The number of hydrogen-bond acceptors (Lipinski definition) is 3. The summed E-state index contributed by atoms with van der Waals surface area (Å²) >= 11 is 3.32. The lowest BCUT2D eigenvalue weighted by molar-refractivity contribution is 0.167. The van der Waals surface area contributed by atoms with Crippen LogP contribution in [0.2, 0.25) is 0 Å². The maximum atomic E-state index is 14.1. The zero-order chi connectivity index (χ0) is 11.8. The van der Waals surface area contributed by atoms with Crippen LogP contribution in [0.15, 0.2) is 16.6 Å². The summed E-state index contributed by atoms with van der Waals surface area (Å²) in [4.78, 5) is 0. The van der Waals surface area contributed by atoms with Crippen LogP contribution in [0, 0.1) is 0 Å². The number of nitrogens with two attached hydrogens (primary N) is 1. The molecule has 0 saturated carbocycles. The summed E-state index contributed by atoms with van der Waals surface area (Å²) in [6, 6.07) is 3.36. The zero-order valence-electron chi connectivity index (χ0n) is 8.93. The molecule has 0 aliphatic carbocycles. The Morgan fingerprint density at radius 3 is 2.50 bits per heavy atom. The van der Waals surface area contributed by atoms with Crippen molar-refractivity contribution in [2.75, 3.05) is 19.8 Å². The molecule has 0 bridgehead atoms. The van der Waals surface area contributed by atoms with Gasteiger partial charge in [0.25, 0.3) is 0 Å². The summed E-state index contributed by atoms with van der Waals surface area (Å²) in [5.74, 6) is 1.21. The van der Waals surface area contributed by atoms with E-state index in [1.807, 2.05) is 0 Å². The lowest BCUT2D eigenvalue weighted by Gasteiger charge is -2.24. The van der Waals surface area contributed by atoms with E-state index in [2.05, 4.69) is 15.9 Å². The molecule has 3 nitrogen and oxygen atoms in total. The molecule has 88 valence electrons. The van der Waals surface area contributed by atoms with Gasteiger partial charge < -0.3 is 15.2 Å². The second-order valence-electron chi connectivity index (χ2n) is 3.88. The number of fused-ring (bicyclic) bond motifs is 1. The highest BCUT2D eigenvalue weighted by atomic mass is 79.9. The SMILES string of the molecule is CC(F)(CN)c1cc2c(cc1Br)OCCO2. The average molecular weight is 290 g/mol. The van der Waals surface area contributed by atoms with Gasteiger partial charge in [-0.25, -0.2) is 4.39 Å². The molecule has 0 fully saturated rings. The van der Waals surface area contributed by atoms with E-state index < -0.39 is 5.67 Å². The normalized spacial score (nSPS) is 18.0. The first kappa shape index (κ1) is 11.7. The van der Waals surface area contributed by atoms with E-state index in [0.29, 0.717) is 34.7 Å². The summed E-state index contributed by atoms with van der Waals surface area (Å²) in [7, 11) is 0. The molecule has 0 radical (unpaired) electrons. The number of rotatable bonds is 2. The van der Waals surface area contributed by atoms with Gasteiger partial charge in [0.15, 0.2) is 11.5 Å². The Kier molecular flexibility index (Phi) is 3.08. The first-order valence-corrected chi connectivity index (χ1v) is 5.82. The third-order valence-electron chi connectivity index (χ3n) is 2.58. The van der Waals surface area contributed by atoms with Crippen molar-refractivity contribution in [2.24, 2.45) is 5.73 Å². The fourth-order valence-electron chi connectivity index (χ4n) is 1.57. The molecule has 0 amide bonds. The molecule has 1 aliphatic rings. The number of ether oxygens (including phenoxy) is 2. The van der Waals surface area contributed by atoms with E-state index in [1.165, 1.54) is 6.92 Å². The molecule has 1 aromatic carbocycles. The van der Waals surface area contributed by atoms with E-state index in [9.17, 15) is 4.39 Å². The van der Waals surface area contributed by atoms with E-state index in [1.54, 1.807) is 12.1 Å².